The van der Waals surface area contributed by atoms with Crippen LogP contribution in [-0.2, 0) is 11.3 Å². The van der Waals surface area contributed by atoms with Gasteiger partial charge < -0.3 is 10.6 Å². The quantitative estimate of drug-likeness (QED) is 0.733. The predicted molar refractivity (Wildman–Crippen MR) is 75.5 cm³/mol. The van der Waals surface area contributed by atoms with Crippen LogP contribution in [0.2, 0.25) is 0 Å². The van der Waals surface area contributed by atoms with Crippen molar-refractivity contribution in [3.05, 3.63) is 29.8 Å². The van der Waals surface area contributed by atoms with Crippen molar-refractivity contribution in [1.82, 2.24) is 5.32 Å². The molecule has 0 aromatic heterocycles. The molecule has 0 saturated heterocycles. The molecule has 1 rings (SSSR count). The van der Waals surface area contributed by atoms with Crippen LogP contribution >= 0.6 is 11.8 Å². The summed E-state index contributed by atoms with van der Waals surface area (Å²) in [5.74, 6) is 1.15. The van der Waals surface area contributed by atoms with Gasteiger partial charge in [-0.05, 0) is 36.6 Å². The van der Waals surface area contributed by atoms with Gasteiger partial charge in [0.2, 0.25) is 5.91 Å². The number of carbonyl (C=O) groups excluding carboxylic acids is 1. The first-order chi connectivity index (χ1) is 8.24. The van der Waals surface area contributed by atoms with Gasteiger partial charge in [-0.2, -0.15) is 11.8 Å². The summed E-state index contributed by atoms with van der Waals surface area (Å²) >= 11 is 1.86. The van der Waals surface area contributed by atoms with Crippen molar-refractivity contribution in [2.45, 2.75) is 19.9 Å². The summed E-state index contributed by atoms with van der Waals surface area (Å²) in [6.45, 7) is 3.34. The van der Waals surface area contributed by atoms with E-state index in [9.17, 15) is 4.79 Å². The lowest BCUT2D eigenvalue weighted by atomic mass is 10.1. The van der Waals surface area contributed by atoms with Crippen LogP contribution in [0, 0.1) is 0 Å². The van der Waals surface area contributed by atoms with Crippen molar-refractivity contribution in [3.63, 3.8) is 0 Å². The highest BCUT2D eigenvalue weighted by atomic mass is 32.2. The van der Waals surface area contributed by atoms with Gasteiger partial charge in [0.15, 0.2) is 0 Å². The van der Waals surface area contributed by atoms with E-state index in [2.05, 4.69) is 16.9 Å². The number of benzene rings is 1. The van der Waals surface area contributed by atoms with Gasteiger partial charge in [-0.15, -0.1) is 0 Å². The molecule has 3 nitrogen and oxygen atoms in total. The highest BCUT2D eigenvalue weighted by Crippen LogP contribution is 2.14. The van der Waals surface area contributed by atoms with Gasteiger partial charge in [0.25, 0.3) is 0 Å². The van der Waals surface area contributed by atoms with Crippen LogP contribution in [0.3, 0.4) is 0 Å². The van der Waals surface area contributed by atoms with Gasteiger partial charge in [0, 0.05) is 19.2 Å². The van der Waals surface area contributed by atoms with Crippen LogP contribution in [0.5, 0.6) is 0 Å². The zero-order valence-corrected chi connectivity index (χ0v) is 11.3. The minimum absolute atomic E-state index is 0.0279. The molecule has 2 N–H and O–H groups in total. The summed E-state index contributed by atoms with van der Waals surface area (Å²) in [7, 11) is 0. The molecule has 0 bridgehead atoms. The van der Waals surface area contributed by atoms with Gasteiger partial charge in [-0.25, -0.2) is 0 Å². The first kappa shape index (κ1) is 14.1. The Bertz CT molecular complexity index is 355. The van der Waals surface area contributed by atoms with Crippen molar-refractivity contribution < 1.29 is 4.79 Å². The summed E-state index contributed by atoms with van der Waals surface area (Å²) in [6, 6.07) is 7.89. The van der Waals surface area contributed by atoms with E-state index in [1.165, 1.54) is 19.1 Å². The Morgan fingerprint density at radius 2 is 2.12 bits per heavy atom. The third-order valence-corrected chi connectivity index (χ3v) is 3.04. The second-order valence-corrected chi connectivity index (χ2v) is 4.85. The molecule has 0 aliphatic heterocycles. The number of amides is 1. The lowest BCUT2D eigenvalue weighted by molar-refractivity contribution is -0.114. The van der Waals surface area contributed by atoms with E-state index in [-0.39, 0.29) is 5.91 Å². The normalized spacial score (nSPS) is 10.2. The number of hydrogen-bond acceptors (Lipinski definition) is 3. The van der Waals surface area contributed by atoms with E-state index in [4.69, 9.17) is 0 Å². The predicted octanol–water partition coefficient (Wildman–Crippen LogP) is 2.49. The monoisotopic (exact) mass is 252 g/mol. The van der Waals surface area contributed by atoms with Crippen LogP contribution in [0.25, 0.3) is 0 Å². The Hall–Kier alpha value is -1.00. The number of hydrogen-bond donors (Lipinski definition) is 2. The zero-order chi connectivity index (χ0) is 12.5. The third kappa shape index (κ3) is 5.75. The van der Waals surface area contributed by atoms with E-state index in [0.29, 0.717) is 0 Å². The summed E-state index contributed by atoms with van der Waals surface area (Å²) < 4.78 is 0. The molecule has 0 atom stereocenters. The second kappa shape index (κ2) is 8.14. The molecule has 4 heteroatoms. The summed E-state index contributed by atoms with van der Waals surface area (Å²) in [6.07, 6.45) is 3.29. The van der Waals surface area contributed by atoms with Crippen molar-refractivity contribution in [2.24, 2.45) is 0 Å². The van der Waals surface area contributed by atoms with Crippen molar-refractivity contribution in [2.75, 3.05) is 23.9 Å². The molecule has 0 heterocycles. The molecular weight excluding hydrogens is 232 g/mol. The van der Waals surface area contributed by atoms with Gasteiger partial charge in [-0.1, -0.05) is 18.2 Å². The largest absolute Gasteiger partial charge is 0.326 e. The van der Waals surface area contributed by atoms with Crippen molar-refractivity contribution >= 4 is 23.4 Å². The van der Waals surface area contributed by atoms with Crippen LogP contribution in [0.1, 0.15) is 18.9 Å². The van der Waals surface area contributed by atoms with E-state index in [1.54, 1.807) is 0 Å². The van der Waals surface area contributed by atoms with Gasteiger partial charge in [0.1, 0.15) is 0 Å². The van der Waals surface area contributed by atoms with Crippen molar-refractivity contribution in [3.8, 4) is 0 Å². The van der Waals surface area contributed by atoms with Crippen LogP contribution in [0.15, 0.2) is 24.3 Å². The standard InChI is InChI=1S/C13H20N2OS/c1-11(16)15-13-7-4-3-6-12(13)10-14-8-5-9-17-2/h3-4,6-7,14H,5,8-10H2,1-2H3,(H,15,16). The summed E-state index contributed by atoms with van der Waals surface area (Å²) in [5, 5.41) is 6.23. The molecule has 1 amide bonds. The Morgan fingerprint density at radius 1 is 1.35 bits per heavy atom. The SMILES string of the molecule is CSCCCNCc1ccccc1NC(C)=O. The van der Waals surface area contributed by atoms with Crippen LogP contribution < -0.4 is 10.6 Å². The molecule has 0 unspecified atom stereocenters. The molecule has 1 aromatic carbocycles. The lowest BCUT2D eigenvalue weighted by Gasteiger charge is -2.10. The minimum atomic E-state index is -0.0279. The topological polar surface area (TPSA) is 41.1 Å². The molecular formula is C13H20N2OS. The number of thioether (sulfide) groups is 1. The fourth-order valence-corrected chi connectivity index (χ4v) is 1.98. The fraction of sp³-hybridized carbons (Fsp3) is 0.462. The average Bonchev–Trinajstić information content (AvgIpc) is 2.30. The maximum Gasteiger partial charge on any atom is 0.221 e. The first-order valence-electron chi connectivity index (χ1n) is 5.79. The molecule has 0 aliphatic carbocycles. The zero-order valence-electron chi connectivity index (χ0n) is 10.5. The highest BCUT2D eigenvalue weighted by molar-refractivity contribution is 7.98. The molecule has 17 heavy (non-hydrogen) atoms. The molecule has 0 saturated carbocycles. The van der Waals surface area contributed by atoms with Crippen LogP contribution in [0.4, 0.5) is 5.69 Å². The number of nitrogens with one attached hydrogen (secondary N) is 2. The number of rotatable bonds is 7. The van der Waals surface area contributed by atoms with E-state index < -0.39 is 0 Å². The summed E-state index contributed by atoms with van der Waals surface area (Å²) in [5.41, 5.74) is 2.03. The Labute approximate surface area is 107 Å². The van der Waals surface area contributed by atoms with Gasteiger partial charge in [-0.3, -0.25) is 4.79 Å². The highest BCUT2D eigenvalue weighted by Gasteiger charge is 2.02. The first-order valence-corrected chi connectivity index (χ1v) is 7.18. The third-order valence-electron chi connectivity index (χ3n) is 2.35. The van der Waals surface area contributed by atoms with Crippen molar-refractivity contribution in [1.29, 1.82) is 0 Å². The Kier molecular flexibility index (Phi) is 6.74. The molecule has 94 valence electrons. The van der Waals surface area contributed by atoms with E-state index >= 15 is 0 Å². The average molecular weight is 252 g/mol. The van der Waals surface area contributed by atoms with Gasteiger partial charge >= 0.3 is 0 Å². The van der Waals surface area contributed by atoms with E-state index in [1.807, 2.05) is 36.0 Å². The van der Waals surface area contributed by atoms with Crippen LogP contribution in [-0.4, -0.2) is 24.5 Å². The molecule has 0 fully saturated rings. The second-order valence-electron chi connectivity index (χ2n) is 3.86. The fourth-order valence-electron chi connectivity index (χ4n) is 1.55. The van der Waals surface area contributed by atoms with Gasteiger partial charge in [0.05, 0.1) is 0 Å². The molecule has 1 aromatic rings. The minimum Gasteiger partial charge on any atom is -0.326 e. The lowest BCUT2D eigenvalue weighted by Crippen LogP contribution is -2.17. The Balaban J connectivity index is 2.43. The number of para-hydroxylation sites is 1. The van der Waals surface area contributed by atoms with E-state index in [0.717, 1.165) is 24.3 Å². The number of carbonyl (C=O) groups is 1. The maximum atomic E-state index is 11.0. The smallest absolute Gasteiger partial charge is 0.221 e. The Morgan fingerprint density at radius 3 is 2.82 bits per heavy atom. The molecule has 0 aliphatic rings. The summed E-state index contributed by atoms with van der Waals surface area (Å²) in [4.78, 5) is 11.0. The number of anilines is 1. The molecule has 0 radical (unpaired) electrons. The maximum absolute atomic E-state index is 11.0. The molecule has 0 spiro atoms.